The second-order valence-corrected chi connectivity index (χ2v) is 9.47. The van der Waals surface area contributed by atoms with Crippen LogP contribution < -0.4 is 5.32 Å². The van der Waals surface area contributed by atoms with E-state index in [0.717, 1.165) is 16.8 Å². The van der Waals surface area contributed by atoms with Gasteiger partial charge in [-0.2, -0.15) is 5.10 Å². The number of nitrogens with one attached hydrogen (secondary N) is 1. The van der Waals surface area contributed by atoms with E-state index in [9.17, 15) is 14.7 Å². The van der Waals surface area contributed by atoms with E-state index < -0.39 is 5.60 Å². The van der Waals surface area contributed by atoms with Crippen LogP contribution in [0.2, 0.25) is 0 Å². The molecule has 0 spiro atoms. The molecule has 5 rings (SSSR count). The molecule has 7 nitrogen and oxygen atoms in total. The van der Waals surface area contributed by atoms with Crippen LogP contribution in [-0.2, 0) is 10.4 Å². The Hall–Kier alpha value is -4.23. The number of carbonyl (C=O) groups is 2. The summed E-state index contributed by atoms with van der Waals surface area (Å²) in [6.07, 6.45) is 4.70. The molecule has 2 N–H and O–H groups in total. The summed E-state index contributed by atoms with van der Waals surface area (Å²) in [6.45, 7) is 2.60. The smallest absolute Gasteiger partial charge is 0.253 e. The number of amides is 2. The Morgan fingerprint density at radius 1 is 0.892 bits per heavy atom. The largest absolute Gasteiger partial charge is 0.380 e. The van der Waals surface area contributed by atoms with E-state index in [1.807, 2.05) is 77.7 Å². The van der Waals surface area contributed by atoms with Crippen molar-refractivity contribution in [2.75, 3.05) is 18.4 Å². The molecule has 0 bridgehead atoms. The van der Waals surface area contributed by atoms with Crippen molar-refractivity contribution in [3.8, 4) is 5.69 Å². The minimum absolute atomic E-state index is 0.0126. The zero-order valence-electron chi connectivity index (χ0n) is 20.7. The number of aromatic nitrogens is 2. The van der Waals surface area contributed by atoms with E-state index in [-0.39, 0.29) is 17.7 Å². The molecule has 0 aliphatic carbocycles. The van der Waals surface area contributed by atoms with E-state index in [1.54, 1.807) is 29.2 Å². The normalized spacial score (nSPS) is 14.4. The molecule has 1 aromatic heterocycles. The molecule has 3 aromatic carbocycles. The van der Waals surface area contributed by atoms with Crippen LogP contribution in [0.25, 0.3) is 5.69 Å². The number of anilines is 1. The molecule has 2 heterocycles. The van der Waals surface area contributed by atoms with Crippen molar-refractivity contribution in [2.24, 2.45) is 5.92 Å². The van der Waals surface area contributed by atoms with E-state index >= 15 is 0 Å². The lowest BCUT2D eigenvalue weighted by Gasteiger charge is -2.42. The molecule has 4 aromatic rings. The first-order valence-electron chi connectivity index (χ1n) is 12.5. The van der Waals surface area contributed by atoms with Crippen molar-refractivity contribution in [1.29, 1.82) is 0 Å². The summed E-state index contributed by atoms with van der Waals surface area (Å²) in [5.74, 6) is -0.191. The molecule has 0 atom stereocenters. The lowest BCUT2D eigenvalue weighted by molar-refractivity contribution is -0.114. The van der Waals surface area contributed by atoms with Gasteiger partial charge in [0.2, 0.25) is 5.91 Å². The van der Waals surface area contributed by atoms with Crippen LogP contribution >= 0.6 is 0 Å². The Balaban J connectivity index is 1.28. The summed E-state index contributed by atoms with van der Waals surface area (Å²) >= 11 is 0. The zero-order chi connectivity index (χ0) is 25.8. The zero-order valence-corrected chi connectivity index (χ0v) is 20.7. The molecule has 188 valence electrons. The van der Waals surface area contributed by atoms with Gasteiger partial charge in [-0.25, -0.2) is 4.68 Å². The van der Waals surface area contributed by atoms with Crippen LogP contribution in [0, 0.1) is 5.92 Å². The molecule has 2 amide bonds. The number of carbonyl (C=O) groups excluding carboxylic acids is 2. The molecule has 1 aliphatic rings. The van der Waals surface area contributed by atoms with Gasteiger partial charge in [0.15, 0.2) is 0 Å². The summed E-state index contributed by atoms with van der Waals surface area (Å²) in [5.41, 5.74) is 2.66. The summed E-state index contributed by atoms with van der Waals surface area (Å²) in [5, 5.41) is 19.0. The van der Waals surface area contributed by atoms with Gasteiger partial charge in [-0.3, -0.25) is 9.59 Å². The number of rotatable bonds is 6. The Morgan fingerprint density at radius 3 is 2.00 bits per heavy atom. The van der Waals surface area contributed by atoms with E-state index in [0.29, 0.717) is 37.2 Å². The molecule has 0 radical (unpaired) electrons. The van der Waals surface area contributed by atoms with Crippen molar-refractivity contribution >= 4 is 17.5 Å². The first-order valence-corrected chi connectivity index (χ1v) is 12.5. The van der Waals surface area contributed by atoms with Gasteiger partial charge in [0.1, 0.15) is 5.60 Å². The number of aliphatic hydroxyl groups is 1. The summed E-state index contributed by atoms with van der Waals surface area (Å²) in [4.78, 5) is 26.4. The Morgan fingerprint density at radius 2 is 1.46 bits per heavy atom. The molecule has 1 aliphatic heterocycles. The highest BCUT2D eigenvalue weighted by atomic mass is 16.3. The number of hydrogen-bond donors (Lipinski definition) is 2. The molecule has 7 heteroatoms. The van der Waals surface area contributed by atoms with Gasteiger partial charge in [-0.15, -0.1) is 0 Å². The summed E-state index contributed by atoms with van der Waals surface area (Å²) in [6, 6.07) is 26.9. The van der Waals surface area contributed by atoms with Gasteiger partial charge in [-0.05, 0) is 54.2 Å². The maximum atomic E-state index is 13.3. The van der Waals surface area contributed by atoms with Crippen LogP contribution in [0.5, 0.6) is 0 Å². The average molecular weight is 495 g/mol. The van der Waals surface area contributed by atoms with Crippen molar-refractivity contribution in [3.05, 3.63) is 114 Å². The van der Waals surface area contributed by atoms with Crippen LogP contribution in [0.15, 0.2) is 97.3 Å². The second kappa shape index (κ2) is 10.4. The molecule has 1 fully saturated rings. The number of nitrogens with zero attached hydrogens (tertiary/aromatic N) is 3. The van der Waals surface area contributed by atoms with E-state index in [4.69, 9.17) is 0 Å². The molecule has 0 unspecified atom stereocenters. The fourth-order valence-electron chi connectivity index (χ4n) is 5.19. The Labute approximate surface area is 216 Å². The predicted molar refractivity (Wildman–Crippen MR) is 142 cm³/mol. The van der Waals surface area contributed by atoms with E-state index in [1.165, 1.54) is 6.92 Å². The van der Waals surface area contributed by atoms with Gasteiger partial charge in [0.25, 0.3) is 5.91 Å². The maximum absolute atomic E-state index is 13.3. The van der Waals surface area contributed by atoms with Crippen LogP contribution in [0.4, 0.5) is 5.69 Å². The first-order chi connectivity index (χ1) is 17.9. The molecule has 0 saturated carbocycles. The third-order valence-corrected chi connectivity index (χ3v) is 7.08. The highest BCUT2D eigenvalue weighted by molar-refractivity contribution is 5.94. The lowest BCUT2D eigenvalue weighted by Crippen LogP contribution is -2.46. The monoisotopic (exact) mass is 494 g/mol. The van der Waals surface area contributed by atoms with Gasteiger partial charge in [0, 0.05) is 25.6 Å². The fourth-order valence-corrected chi connectivity index (χ4v) is 5.19. The SMILES string of the molecule is CC(=O)Nc1cnn(-c2ccc(C(=O)N3CCC(C(O)(c4ccccc4)c4ccccc4)CC3)cc2)c1. The van der Waals surface area contributed by atoms with Crippen LogP contribution in [-0.4, -0.2) is 44.7 Å². The maximum Gasteiger partial charge on any atom is 0.253 e. The molecule has 1 saturated heterocycles. The van der Waals surface area contributed by atoms with Crippen LogP contribution in [0.3, 0.4) is 0 Å². The number of likely N-dealkylation sites (tertiary alicyclic amines) is 1. The van der Waals surface area contributed by atoms with Gasteiger partial charge in [-0.1, -0.05) is 60.7 Å². The fraction of sp³-hybridized carbons (Fsp3) is 0.233. The number of hydrogen-bond acceptors (Lipinski definition) is 4. The molecular formula is C30H30N4O3. The highest BCUT2D eigenvalue weighted by Crippen LogP contribution is 2.42. The predicted octanol–water partition coefficient (Wildman–Crippen LogP) is 4.62. The van der Waals surface area contributed by atoms with Crippen LogP contribution in [0.1, 0.15) is 41.3 Å². The molecular weight excluding hydrogens is 464 g/mol. The van der Waals surface area contributed by atoms with Crippen molar-refractivity contribution < 1.29 is 14.7 Å². The van der Waals surface area contributed by atoms with E-state index in [2.05, 4.69) is 10.4 Å². The van der Waals surface area contributed by atoms with Crippen molar-refractivity contribution in [1.82, 2.24) is 14.7 Å². The summed E-state index contributed by atoms with van der Waals surface area (Å²) in [7, 11) is 0. The lowest BCUT2D eigenvalue weighted by atomic mass is 9.72. The molecule has 37 heavy (non-hydrogen) atoms. The first kappa shape index (κ1) is 24.5. The third-order valence-electron chi connectivity index (χ3n) is 7.08. The quantitative estimate of drug-likeness (QED) is 0.410. The topological polar surface area (TPSA) is 87.5 Å². The van der Waals surface area contributed by atoms with Crippen molar-refractivity contribution in [2.45, 2.75) is 25.4 Å². The minimum atomic E-state index is -1.11. The minimum Gasteiger partial charge on any atom is -0.380 e. The highest BCUT2D eigenvalue weighted by Gasteiger charge is 2.42. The standard InChI is InChI=1S/C30H30N4O3/c1-22(35)32-27-20-31-34(21-27)28-14-12-23(13-15-28)29(36)33-18-16-26(17-19-33)30(37,24-8-4-2-5-9-24)25-10-6-3-7-11-25/h2-15,20-21,26,37H,16-19H2,1H3,(H,32,35). The summed E-state index contributed by atoms with van der Waals surface area (Å²) < 4.78 is 1.65. The van der Waals surface area contributed by atoms with Gasteiger partial charge >= 0.3 is 0 Å². The van der Waals surface area contributed by atoms with Gasteiger partial charge in [0.05, 0.1) is 23.8 Å². The second-order valence-electron chi connectivity index (χ2n) is 9.47. The average Bonchev–Trinajstić information content (AvgIpc) is 3.41. The van der Waals surface area contributed by atoms with Crippen molar-refractivity contribution in [3.63, 3.8) is 0 Å². The Bertz CT molecular complexity index is 1320. The van der Waals surface area contributed by atoms with Gasteiger partial charge < -0.3 is 15.3 Å². The number of benzene rings is 3. The Kier molecular flexibility index (Phi) is 6.88. The number of piperidine rings is 1. The third kappa shape index (κ3) is 5.04.